The van der Waals surface area contributed by atoms with Crippen LogP contribution in [0.2, 0.25) is 0 Å². The van der Waals surface area contributed by atoms with Crippen LogP contribution in [0.5, 0.6) is 0 Å². The summed E-state index contributed by atoms with van der Waals surface area (Å²) in [6.07, 6.45) is 3.34. The van der Waals surface area contributed by atoms with Crippen molar-refractivity contribution in [3.63, 3.8) is 0 Å². The fourth-order valence-electron chi connectivity index (χ4n) is 2.04. The summed E-state index contributed by atoms with van der Waals surface area (Å²) in [6.45, 7) is 2.98. The molecule has 2 rings (SSSR count). The standard InChI is InChI=1S/C13H19N3O/c1-2-3-7-11-10-16(15-13(17)14-11)12-8-5-4-6-9-12/h4-6,8-9,11H,2-3,7,10H2,1H3,(H2,14,15,17)/t11-/m0/s1. The maximum atomic E-state index is 11.6. The van der Waals surface area contributed by atoms with Crippen molar-refractivity contribution < 1.29 is 4.79 Å². The number of nitrogens with one attached hydrogen (secondary N) is 2. The topological polar surface area (TPSA) is 44.4 Å². The maximum absolute atomic E-state index is 11.6. The number of rotatable bonds is 4. The normalized spacial score (nSPS) is 19.7. The van der Waals surface area contributed by atoms with Gasteiger partial charge < -0.3 is 5.32 Å². The molecule has 0 saturated carbocycles. The zero-order valence-corrected chi connectivity index (χ0v) is 10.1. The van der Waals surface area contributed by atoms with Gasteiger partial charge in [-0.2, -0.15) is 0 Å². The number of unbranched alkanes of at least 4 members (excludes halogenated alkanes) is 1. The molecule has 2 N–H and O–H groups in total. The molecule has 1 fully saturated rings. The van der Waals surface area contributed by atoms with Gasteiger partial charge in [0.1, 0.15) is 0 Å². The molecule has 4 nitrogen and oxygen atoms in total. The molecule has 1 aliphatic rings. The number of anilines is 1. The molecule has 0 bridgehead atoms. The van der Waals surface area contributed by atoms with Gasteiger partial charge in [0, 0.05) is 0 Å². The van der Waals surface area contributed by atoms with Gasteiger partial charge in [0.25, 0.3) is 0 Å². The van der Waals surface area contributed by atoms with E-state index in [2.05, 4.69) is 17.7 Å². The lowest BCUT2D eigenvalue weighted by atomic mass is 10.1. The maximum Gasteiger partial charge on any atom is 0.333 e. The molecule has 0 aromatic heterocycles. The first-order valence-corrected chi connectivity index (χ1v) is 6.19. The van der Waals surface area contributed by atoms with E-state index in [4.69, 9.17) is 0 Å². The summed E-state index contributed by atoms with van der Waals surface area (Å²) in [4.78, 5) is 11.6. The number of carbonyl (C=O) groups excluding carboxylic acids is 1. The molecule has 1 aromatic rings. The number of hydrogen-bond donors (Lipinski definition) is 2. The summed E-state index contributed by atoms with van der Waals surface area (Å²) in [6, 6.07) is 10.1. The Morgan fingerprint density at radius 2 is 2.12 bits per heavy atom. The Bertz CT molecular complexity index is 366. The van der Waals surface area contributed by atoms with Gasteiger partial charge >= 0.3 is 6.03 Å². The first-order chi connectivity index (χ1) is 8.29. The first kappa shape index (κ1) is 11.8. The lowest BCUT2D eigenvalue weighted by molar-refractivity contribution is 0.227. The van der Waals surface area contributed by atoms with E-state index in [1.807, 2.05) is 35.3 Å². The van der Waals surface area contributed by atoms with Crippen LogP contribution in [0.3, 0.4) is 0 Å². The minimum atomic E-state index is -0.110. The minimum absolute atomic E-state index is 0.110. The van der Waals surface area contributed by atoms with Crippen molar-refractivity contribution in [1.82, 2.24) is 10.7 Å². The zero-order valence-electron chi connectivity index (χ0n) is 10.1. The lowest BCUT2D eigenvalue weighted by Crippen LogP contribution is -2.60. The molecule has 4 heteroatoms. The summed E-state index contributed by atoms with van der Waals surface area (Å²) in [7, 11) is 0. The Kier molecular flexibility index (Phi) is 3.85. The second kappa shape index (κ2) is 5.57. The van der Waals surface area contributed by atoms with Crippen LogP contribution in [0.15, 0.2) is 30.3 Å². The summed E-state index contributed by atoms with van der Waals surface area (Å²) < 4.78 is 0. The number of amides is 2. The van der Waals surface area contributed by atoms with Crippen LogP contribution >= 0.6 is 0 Å². The van der Waals surface area contributed by atoms with Crippen LogP contribution in [0.4, 0.5) is 10.5 Å². The van der Waals surface area contributed by atoms with Gasteiger partial charge in [0.15, 0.2) is 0 Å². The van der Waals surface area contributed by atoms with Crippen molar-refractivity contribution in [2.24, 2.45) is 0 Å². The zero-order chi connectivity index (χ0) is 12.1. The van der Waals surface area contributed by atoms with E-state index in [9.17, 15) is 4.79 Å². The fourth-order valence-corrected chi connectivity index (χ4v) is 2.04. The Labute approximate surface area is 102 Å². The van der Waals surface area contributed by atoms with Gasteiger partial charge in [-0.15, -0.1) is 0 Å². The van der Waals surface area contributed by atoms with E-state index < -0.39 is 0 Å². The molecule has 1 heterocycles. The van der Waals surface area contributed by atoms with E-state index in [1.165, 1.54) is 0 Å². The van der Waals surface area contributed by atoms with Gasteiger partial charge in [0.2, 0.25) is 0 Å². The van der Waals surface area contributed by atoms with Crippen LogP contribution in [0, 0.1) is 0 Å². The summed E-state index contributed by atoms with van der Waals surface area (Å²) in [5.41, 5.74) is 3.85. The van der Waals surface area contributed by atoms with Crippen LogP contribution in [0.25, 0.3) is 0 Å². The van der Waals surface area contributed by atoms with Gasteiger partial charge in [0.05, 0.1) is 18.3 Å². The second-order valence-electron chi connectivity index (χ2n) is 4.37. The molecule has 1 aliphatic heterocycles. The summed E-state index contributed by atoms with van der Waals surface area (Å²) in [5.74, 6) is 0. The molecule has 1 aromatic carbocycles. The molecular formula is C13H19N3O. The van der Waals surface area contributed by atoms with Gasteiger partial charge in [-0.05, 0) is 18.6 Å². The van der Waals surface area contributed by atoms with Gasteiger partial charge in [-0.1, -0.05) is 38.0 Å². The number of hydrogen-bond acceptors (Lipinski definition) is 2. The van der Waals surface area contributed by atoms with E-state index >= 15 is 0 Å². The summed E-state index contributed by atoms with van der Waals surface area (Å²) >= 11 is 0. The molecule has 1 saturated heterocycles. The van der Waals surface area contributed by atoms with E-state index in [0.717, 1.165) is 31.5 Å². The SMILES string of the molecule is CCCC[C@H]1CN(c2ccccc2)NC(=O)N1. The smallest absolute Gasteiger partial charge is 0.332 e. The number of nitrogens with zero attached hydrogens (tertiary/aromatic N) is 1. The highest BCUT2D eigenvalue weighted by molar-refractivity contribution is 5.77. The Morgan fingerprint density at radius 1 is 1.35 bits per heavy atom. The molecule has 0 radical (unpaired) electrons. The first-order valence-electron chi connectivity index (χ1n) is 6.19. The van der Waals surface area contributed by atoms with Crippen molar-refractivity contribution in [2.75, 3.05) is 11.6 Å². The number of benzene rings is 1. The van der Waals surface area contributed by atoms with Crippen LogP contribution in [-0.4, -0.2) is 18.6 Å². The average molecular weight is 233 g/mol. The monoisotopic (exact) mass is 233 g/mol. The predicted molar refractivity (Wildman–Crippen MR) is 68.8 cm³/mol. The van der Waals surface area contributed by atoms with Crippen LogP contribution < -0.4 is 15.8 Å². The third-order valence-corrected chi connectivity index (χ3v) is 2.95. The lowest BCUT2D eigenvalue weighted by Gasteiger charge is -2.35. The van der Waals surface area contributed by atoms with E-state index in [1.54, 1.807) is 0 Å². The number of para-hydroxylation sites is 1. The van der Waals surface area contributed by atoms with Gasteiger partial charge in [-0.25, -0.2) is 10.2 Å². The highest BCUT2D eigenvalue weighted by atomic mass is 16.2. The van der Waals surface area contributed by atoms with Crippen molar-refractivity contribution in [3.8, 4) is 0 Å². The Balaban J connectivity index is 2.01. The Morgan fingerprint density at radius 3 is 2.82 bits per heavy atom. The van der Waals surface area contributed by atoms with Crippen LogP contribution in [-0.2, 0) is 0 Å². The molecule has 1 atom stereocenters. The average Bonchev–Trinajstić information content (AvgIpc) is 2.37. The Hall–Kier alpha value is -1.71. The highest BCUT2D eigenvalue weighted by Crippen LogP contribution is 2.15. The van der Waals surface area contributed by atoms with Crippen molar-refractivity contribution in [2.45, 2.75) is 32.2 Å². The molecule has 17 heavy (non-hydrogen) atoms. The molecular weight excluding hydrogens is 214 g/mol. The van der Waals surface area contributed by atoms with E-state index in [-0.39, 0.29) is 12.1 Å². The molecule has 0 aliphatic carbocycles. The molecule has 0 spiro atoms. The third kappa shape index (κ3) is 3.12. The predicted octanol–water partition coefficient (Wildman–Crippen LogP) is 2.28. The fraction of sp³-hybridized carbons (Fsp3) is 0.462. The van der Waals surface area contributed by atoms with Crippen molar-refractivity contribution in [1.29, 1.82) is 0 Å². The largest absolute Gasteiger partial charge is 0.333 e. The van der Waals surface area contributed by atoms with E-state index in [0.29, 0.717) is 0 Å². The van der Waals surface area contributed by atoms with Crippen molar-refractivity contribution >= 4 is 11.7 Å². The van der Waals surface area contributed by atoms with Crippen LogP contribution in [0.1, 0.15) is 26.2 Å². The second-order valence-corrected chi connectivity index (χ2v) is 4.37. The highest BCUT2D eigenvalue weighted by Gasteiger charge is 2.23. The molecule has 2 amide bonds. The molecule has 92 valence electrons. The van der Waals surface area contributed by atoms with Gasteiger partial charge in [-0.3, -0.25) is 5.01 Å². The quantitative estimate of drug-likeness (QED) is 0.838. The minimum Gasteiger partial charge on any atom is -0.332 e. The third-order valence-electron chi connectivity index (χ3n) is 2.95. The molecule has 0 unspecified atom stereocenters. The number of urea groups is 1. The number of carbonyl (C=O) groups is 1. The number of hydrazine groups is 1. The summed E-state index contributed by atoms with van der Waals surface area (Å²) in [5, 5.41) is 4.88. The van der Waals surface area contributed by atoms with Crippen molar-refractivity contribution in [3.05, 3.63) is 30.3 Å².